The number of carbonyl (C=O) groups is 4. The summed E-state index contributed by atoms with van der Waals surface area (Å²) in [6.07, 6.45) is 1.33. The molecular formula is C21H24N4O6. The molecule has 31 heavy (non-hydrogen) atoms. The minimum atomic E-state index is -0.867. The van der Waals surface area contributed by atoms with Gasteiger partial charge in [-0.2, -0.15) is 5.10 Å². The zero-order chi connectivity index (χ0) is 22.8. The lowest BCUT2D eigenvalue weighted by Crippen LogP contribution is -2.34. The Balaban J connectivity index is 1.81. The fourth-order valence-corrected chi connectivity index (χ4v) is 2.19. The molecule has 2 aromatic rings. The molecular weight excluding hydrogens is 404 g/mol. The number of hydrogen-bond acceptors (Lipinski definition) is 7. The van der Waals surface area contributed by atoms with E-state index in [4.69, 9.17) is 9.15 Å². The first kappa shape index (κ1) is 23.3. The number of nitrogens with one attached hydrogen (secondary N) is 3. The molecule has 164 valence electrons. The highest BCUT2D eigenvalue weighted by molar-refractivity contribution is 6.39. The Bertz CT molecular complexity index is 963. The van der Waals surface area contributed by atoms with Crippen LogP contribution in [0.5, 0.6) is 0 Å². The fourth-order valence-electron chi connectivity index (χ4n) is 2.19. The van der Waals surface area contributed by atoms with Gasteiger partial charge in [-0.1, -0.05) is 13.8 Å². The van der Waals surface area contributed by atoms with Crippen LogP contribution < -0.4 is 16.1 Å². The van der Waals surface area contributed by atoms with Gasteiger partial charge < -0.3 is 19.8 Å². The van der Waals surface area contributed by atoms with Crippen molar-refractivity contribution in [2.24, 2.45) is 11.0 Å². The minimum Gasteiger partial charge on any atom is -0.462 e. The molecule has 3 N–H and O–H groups in total. The Morgan fingerprint density at radius 1 is 1.06 bits per heavy atom. The van der Waals surface area contributed by atoms with E-state index >= 15 is 0 Å². The summed E-state index contributed by atoms with van der Waals surface area (Å²) in [6.45, 7) is 5.44. The molecule has 0 unspecified atom stereocenters. The number of hydrogen-bond donors (Lipinski definition) is 3. The van der Waals surface area contributed by atoms with Crippen molar-refractivity contribution < 1.29 is 28.3 Å². The summed E-state index contributed by atoms with van der Waals surface area (Å²) < 4.78 is 10.3. The SMILES string of the molecule is CCOC(=O)c1ccc(NC(=O)C(=O)NCc2ccc(/C=N\NC(=O)C(C)C)o2)cc1. The molecule has 0 spiro atoms. The van der Waals surface area contributed by atoms with Gasteiger partial charge in [0.05, 0.1) is 24.9 Å². The number of hydrazone groups is 1. The van der Waals surface area contributed by atoms with Crippen LogP contribution in [0.25, 0.3) is 0 Å². The third-order valence-corrected chi connectivity index (χ3v) is 3.86. The maximum atomic E-state index is 12.0. The van der Waals surface area contributed by atoms with Gasteiger partial charge in [0.15, 0.2) is 0 Å². The van der Waals surface area contributed by atoms with Gasteiger partial charge in [-0.05, 0) is 43.3 Å². The van der Waals surface area contributed by atoms with Crippen LogP contribution in [0, 0.1) is 5.92 Å². The van der Waals surface area contributed by atoms with Gasteiger partial charge in [-0.3, -0.25) is 14.4 Å². The molecule has 10 nitrogen and oxygen atoms in total. The molecule has 10 heteroatoms. The van der Waals surface area contributed by atoms with E-state index < -0.39 is 17.8 Å². The molecule has 1 heterocycles. The molecule has 0 aliphatic rings. The Morgan fingerprint density at radius 2 is 1.77 bits per heavy atom. The summed E-state index contributed by atoms with van der Waals surface area (Å²) >= 11 is 0. The molecule has 0 aliphatic heterocycles. The summed E-state index contributed by atoms with van der Waals surface area (Å²) in [6, 6.07) is 9.18. The van der Waals surface area contributed by atoms with Gasteiger partial charge in [-0.25, -0.2) is 10.2 Å². The van der Waals surface area contributed by atoms with Crippen LogP contribution in [0.1, 0.15) is 42.6 Å². The zero-order valence-electron chi connectivity index (χ0n) is 17.4. The lowest BCUT2D eigenvalue weighted by Gasteiger charge is -2.07. The van der Waals surface area contributed by atoms with E-state index in [1.807, 2.05) is 0 Å². The second kappa shape index (κ2) is 11.3. The maximum Gasteiger partial charge on any atom is 0.338 e. The van der Waals surface area contributed by atoms with Crippen molar-refractivity contribution in [3.8, 4) is 0 Å². The van der Waals surface area contributed by atoms with E-state index in [0.29, 0.717) is 22.8 Å². The summed E-state index contributed by atoms with van der Waals surface area (Å²) in [5.74, 6) is -1.84. The number of amides is 3. The Kier molecular flexibility index (Phi) is 8.50. The number of anilines is 1. The highest BCUT2D eigenvalue weighted by Crippen LogP contribution is 2.11. The van der Waals surface area contributed by atoms with Gasteiger partial charge in [-0.15, -0.1) is 0 Å². The van der Waals surface area contributed by atoms with Gasteiger partial charge in [0.2, 0.25) is 5.91 Å². The molecule has 3 amide bonds. The van der Waals surface area contributed by atoms with E-state index in [0.717, 1.165) is 0 Å². The van der Waals surface area contributed by atoms with Crippen LogP contribution in [-0.2, 0) is 25.7 Å². The number of ether oxygens (including phenoxy) is 1. The third-order valence-electron chi connectivity index (χ3n) is 3.86. The first-order valence-electron chi connectivity index (χ1n) is 9.58. The van der Waals surface area contributed by atoms with Gasteiger partial charge in [0.25, 0.3) is 0 Å². The van der Waals surface area contributed by atoms with Crippen LogP contribution in [0.4, 0.5) is 5.69 Å². The number of benzene rings is 1. The molecule has 0 radical (unpaired) electrons. The lowest BCUT2D eigenvalue weighted by molar-refractivity contribution is -0.136. The molecule has 0 fully saturated rings. The largest absolute Gasteiger partial charge is 0.462 e. The van der Waals surface area contributed by atoms with Crippen LogP contribution >= 0.6 is 0 Å². The number of furan rings is 1. The minimum absolute atomic E-state index is 0.0136. The van der Waals surface area contributed by atoms with Gasteiger partial charge >= 0.3 is 17.8 Å². The smallest absolute Gasteiger partial charge is 0.338 e. The molecule has 0 aliphatic carbocycles. The van der Waals surface area contributed by atoms with Crippen LogP contribution in [0.15, 0.2) is 45.9 Å². The van der Waals surface area contributed by atoms with Gasteiger partial charge in [0.1, 0.15) is 11.5 Å². The van der Waals surface area contributed by atoms with Crippen molar-refractivity contribution in [2.75, 3.05) is 11.9 Å². The quantitative estimate of drug-likeness (QED) is 0.254. The number of rotatable bonds is 8. The van der Waals surface area contributed by atoms with Crippen LogP contribution in [0.2, 0.25) is 0 Å². The fraction of sp³-hybridized carbons (Fsp3) is 0.286. The van der Waals surface area contributed by atoms with Crippen LogP contribution in [0.3, 0.4) is 0 Å². The van der Waals surface area contributed by atoms with Crippen molar-refractivity contribution in [3.05, 3.63) is 53.5 Å². The number of esters is 1. The highest BCUT2D eigenvalue weighted by Gasteiger charge is 2.15. The molecule has 1 aromatic heterocycles. The first-order chi connectivity index (χ1) is 14.8. The van der Waals surface area contributed by atoms with E-state index in [9.17, 15) is 19.2 Å². The predicted molar refractivity (Wildman–Crippen MR) is 112 cm³/mol. The summed E-state index contributed by atoms with van der Waals surface area (Å²) in [4.78, 5) is 47.0. The first-order valence-corrected chi connectivity index (χ1v) is 9.58. The average molecular weight is 428 g/mol. The molecule has 0 bridgehead atoms. The zero-order valence-corrected chi connectivity index (χ0v) is 17.4. The van der Waals surface area contributed by atoms with Gasteiger partial charge in [0, 0.05) is 11.6 Å². The maximum absolute atomic E-state index is 12.0. The Morgan fingerprint density at radius 3 is 2.42 bits per heavy atom. The second-order valence-corrected chi connectivity index (χ2v) is 6.63. The topological polar surface area (TPSA) is 139 Å². The van der Waals surface area contributed by atoms with Crippen molar-refractivity contribution in [1.82, 2.24) is 10.7 Å². The van der Waals surface area contributed by atoms with Crippen molar-refractivity contribution >= 4 is 35.6 Å². The summed E-state index contributed by atoms with van der Waals surface area (Å²) in [5.41, 5.74) is 3.06. The Hall–Kier alpha value is -3.95. The average Bonchev–Trinajstić information content (AvgIpc) is 3.20. The van der Waals surface area contributed by atoms with E-state index in [1.54, 1.807) is 32.9 Å². The Labute approximate surface area is 179 Å². The van der Waals surface area contributed by atoms with Crippen molar-refractivity contribution in [2.45, 2.75) is 27.3 Å². The predicted octanol–water partition coefficient (Wildman–Crippen LogP) is 1.82. The number of nitrogens with zero attached hydrogens (tertiary/aromatic N) is 1. The summed E-state index contributed by atoms with van der Waals surface area (Å²) in [7, 11) is 0. The highest BCUT2D eigenvalue weighted by atomic mass is 16.5. The van der Waals surface area contributed by atoms with E-state index in [-0.39, 0.29) is 25.0 Å². The van der Waals surface area contributed by atoms with E-state index in [1.165, 1.54) is 30.5 Å². The number of carbonyl (C=O) groups excluding carboxylic acids is 4. The standard InChI is InChI=1S/C21H24N4O6/c1-4-30-21(29)14-5-7-15(8-6-14)24-20(28)19(27)22-11-16-9-10-17(31-16)12-23-25-18(26)13(2)3/h5-10,12-13H,4,11H2,1-3H3,(H,22,27)(H,24,28)(H,25,26)/b23-12-. The molecule has 0 saturated heterocycles. The molecule has 2 rings (SSSR count). The molecule has 0 atom stereocenters. The lowest BCUT2D eigenvalue weighted by atomic mass is 10.2. The molecule has 1 aromatic carbocycles. The van der Waals surface area contributed by atoms with Crippen LogP contribution in [-0.4, -0.2) is 36.5 Å². The summed E-state index contributed by atoms with van der Waals surface area (Å²) in [5, 5.41) is 8.64. The van der Waals surface area contributed by atoms with E-state index in [2.05, 4.69) is 21.2 Å². The normalized spacial score (nSPS) is 10.7. The molecule has 0 saturated carbocycles. The monoisotopic (exact) mass is 428 g/mol. The second-order valence-electron chi connectivity index (χ2n) is 6.63. The third kappa shape index (κ3) is 7.42. The van der Waals surface area contributed by atoms with Crippen molar-refractivity contribution in [1.29, 1.82) is 0 Å². The van der Waals surface area contributed by atoms with Crippen molar-refractivity contribution in [3.63, 3.8) is 0 Å².